The molecule has 4 rings (SSSR count). The molecule has 0 aliphatic carbocycles. The van der Waals surface area contributed by atoms with E-state index in [1.165, 1.54) is 6.07 Å². The van der Waals surface area contributed by atoms with Crippen molar-refractivity contribution in [2.24, 2.45) is 0 Å². The first-order chi connectivity index (χ1) is 12.8. The third-order valence-corrected chi connectivity index (χ3v) is 4.90. The molecule has 140 valence electrons. The van der Waals surface area contributed by atoms with Crippen molar-refractivity contribution in [3.8, 4) is 17.2 Å². The zero-order valence-corrected chi connectivity index (χ0v) is 15.3. The Morgan fingerprint density at radius 3 is 2.41 bits per heavy atom. The van der Waals surface area contributed by atoms with Crippen molar-refractivity contribution in [2.75, 3.05) is 13.1 Å². The maximum Gasteiger partial charge on any atom is 0.339 e. The quantitative estimate of drug-likeness (QED) is 0.891. The predicted octanol–water partition coefficient (Wildman–Crippen LogP) is 3.74. The Morgan fingerprint density at radius 1 is 1.11 bits per heavy atom. The van der Waals surface area contributed by atoms with E-state index >= 15 is 0 Å². The van der Waals surface area contributed by atoms with Gasteiger partial charge in [-0.15, -0.1) is 0 Å². The molecule has 1 fully saturated rings. The van der Waals surface area contributed by atoms with Crippen LogP contribution in [0.4, 0.5) is 0 Å². The first-order valence-electron chi connectivity index (χ1n) is 8.99. The van der Waals surface area contributed by atoms with E-state index in [-0.39, 0.29) is 11.5 Å². The number of amides is 1. The molecule has 0 saturated carbocycles. The molecule has 0 bridgehead atoms. The molecular weight excluding hydrogens is 346 g/mol. The number of nitrogens with zero attached hydrogens (tertiary/aromatic N) is 1. The highest BCUT2D eigenvalue weighted by Gasteiger charge is 2.35. The molecule has 6 nitrogen and oxygen atoms in total. The summed E-state index contributed by atoms with van der Waals surface area (Å²) in [7, 11) is 0. The van der Waals surface area contributed by atoms with Crippen LogP contribution in [0.3, 0.4) is 0 Å². The Balaban J connectivity index is 1.63. The number of hydrogen-bond acceptors (Lipinski definition) is 4. The minimum Gasteiger partial charge on any atom is -0.487 e. The van der Waals surface area contributed by atoms with Gasteiger partial charge in [-0.25, -0.2) is 4.79 Å². The summed E-state index contributed by atoms with van der Waals surface area (Å²) in [5, 5.41) is 9.55. The van der Waals surface area contributed by atoms with Gasteiger partial charge in [-0.05, 0) is 56.7 Å². The van der Waals surface area contributed by atoms with E-state index in [2.05, 4.69) is 0 Å². The molecule has 1 N–H and O–H groups in total. The molecule has 2 aliphatic heterocycles. The van der Waals surface area contributed by atoms with Crippen molar-refractivity contribution in [3.63, 3.8) is 0 Å². The molecular formula is C21H21NO5. The zero-order valence-electron chi connectivity index (χ0n) is 15.3. The first-order valence-corrected chi connectivity index (χ1v) is 8.99. The van der Waals surface area contributed by atoms with E-state index in [0.717, 1.165) is 25.1 Å². The van der Waals surface area contributed by atoms with Gasteiger partial charge in [0.1, 0.15) is 28.4 Å². The fraction of sp³-hybridized carbons (Fsp3) is 0.333. The SMILES string of the molecule is CC1(C)Cc2c(ccc(C(=O)O)c2Oc2ccc(C(=O)N3CCC3)cc2)O1. The van der Waals surface area contributed by atoms with Crippen LogP contribution in [0, 0.1) is 0 Å². The van der Waals surface area contributed by atoms with Crippen molar-refractivity contribution >= 4 is 11.9 Å². The monoisotopic (exact) mass is 367 g/mol. The summed E-state index contributed by atoms with van der Waals surface area (Å²) in [5.74, 6) is 0.379. The number of carboxylic acids is 1. The van der Waals surface area contributed by atoms with Crippen molar-refractivity contribution < 1.29 is 24.2 Å². The van der Waals surface area contributed by atoms with E-state index in [9.17, 15) is 14.7 Å². The number of carbonyl (C=O) groups excluding carboxylic acids is 1. The van der Waals surface area contributed by atoms with Crippen LogP contribution in [0.25, 0.3) is 0 Å². The number of aromatic carboxylic acids is 1. The van der Waals surface area contributed by atoms with Gasteiger partial charge in [-0.2, -0.15) is 0 Å². The number of hydrogen-bond donors (Lipinski definition) is 1. The van der Waals surface area contributed by atoms with E-state index in [0.29, 0.717) is 29.2 Å². The summed E-state index contributed by atoms with van der Waals surface area (Å²) in [6.07, 6.45) is 1.60. The fourth-order valence-electron chi connectivity index (χ4n) is 3.40. The maximum absolute atomic E-state index is 12.3. The van der Waals surface area contributed by atoms with Crippen LogP contribution in [-0.2, 0) is 6.42 Å². The van der Waals surface area contributed by atoms with Gasteiger partial charge < -0.3 is 19.5 Å². The Hall–Kier alpha value is -3.02. The average Bonchev–Trinajstić information content (AvgIpc) is 2.88. The van der Waals surface area contributed by atoms with Crippen molar-refractivity contribution in [2.45, 2.75) is 32.3 Å². The van der Waals surface area contributed by atoms with Gasteiger partial charge in [0.2, 0.25) is 0 Å². The first kappa shape index (κ1) is 17.4. The van der Waals surface area contributed by atoms with Crippen LogP contribution < -0.4 is 9.47 Å². The minimum atomic E-state index is -1.05. The Bertz CT molecular complexity index is 913. The molecule has 1 saturated heterocycles. The second-order valence-corrected chi connectivity index (χ2v) is 7.53. The summed E-state index contributed by atoms with van der Waals surface area (Å²) < 4.78 is 11.8. The number of fused-ring (bicyclic) bond motifs is 1. The van der Waals surface area contributed by atoms with Crippen LogP contribution >= 0.6 is 0 Å². The highest BCUT2D eigenvalue weighted by atomic mass is 16.5. The normalized spacial score (nSPS) is 16.9. The molecule has 0 atom stereocenters. The van der Waals surface area contributed by atoms with Gasteiger partial charge in [0.05, 0.1) is 0 Å². The van der Waals surface area contributed by atoms with E-state index < -0.39 is 11.6 Å². The van der Waals surface area contributed by atoms with Crippen LogP contribution in [0.1, 0.15) is 46.5 Å². The van der Waals surface area contributed by atoms with Gasteiger partial charge in [-0.1, -0.05) is 0 Å². The second kappa shape index (κ2) is 6.30. The van der Waals surface area contributed by atoms with E-state index in [1.54, 1.807) is 35.2 Å². The molecule has 27 heavy (non-hydrogen) atoms. The van der Waals surface area contributed by atoms with Crippen LogP contribution in [-0.4, -0.2) is 40.6 Å². The van der Waals surface area contributed by atoms with E-state index in [1.807, 2.05) is 13.8 Å². The van der Waals surface area contributed by atoms with Crippen molar-refractivity contribution in [1.82, 2.24) is 4.90 Å². The van der Waals surface area contributed by atoms with Gasteiger partial charge >= 0.3 is 5.97 Å². The number of likely N-dealkylation sites (tertiary alicyclic amines) is 1. The lowest BCUT2D eigenvalue weighted by molar-refractivity contribution is 0.0650. The fourth-order valence-corrected chi connectivity index (χ4v) is 3.40. The van der Waals surface area contributed by atoms with Crippen molar-refractivity contribution in [1.29, 1.82) is 0 Å². The molecule has 0 unspecified atom stereocenters. The maximum atomic E-state index is 12.3. The summed E-state index contributed by atoms with van der Waals surface area (Å²) >= 11 is 0. The average molecular weight is 367 g/mol. The molecule has 2 aliphatic rings. The summed E-state index contributed by atoms with van der Waals surface area (Å²) in [5.41, 5.74) is 1.03. The molecule has 6 heteroatoms. The highest BCUT2D eigenvalue weighted by molar-refractivity contribution is 5.95. The zero-order chi connectivity index (χ0) is 19.2. The van der Waals surface area contributed by atoms with Gasteiger partial charge in [-0.3, -0.25) is 4.79 Å². The lowest BCUT2D eigenvalue weighted by atomic mass is 9.99. The number of benzene rings is 2. The van der Waals surface area contributed by atoms with Crippen LogP contribution in [0.5, 0.6) is 17.2 Å². The van der Waals surface area contributed by atoms with Gasteiger partial charge in [0, 0.05) is 30.6 Å². The molecule has 2 heterocycles. The third kappa shape index (κ3) is 3.23. The van der Waals surface area contributed by atoms with Crippen molar-refractivity contribution in [3.05, 3.63) is 53.1 Å². The number of carboxylic acid groups (broad SMARTS) is 1. The van der Waals surface area contributed by atoms with E-state index in [4.69, 9.17) is 9.47 Å². The molecule has 1 amide bonds. The minimum absolute atomic E-state index is 0.00905. The largest absolute Gasteiger partial charge is 0.487 e. The molecule has 0 radical (unpaired) electrons. The smallest absolute Gasteiger partial charge is 0.339 e. The standard InChI is InChI=1S/C21H21NO5/c1-21(2)12-16-17(27-21)9-8-15(20(24)25)18(16)26-14-6-4-13(5-7-14)19(23)22-10-3-11-22/h4-9H,3,10-12H2,1-2H3,(H,24,25). The van der Waals surface area contributed by atoms with Crippen LogP contribution in [0.15, 0.2) is 36.4 Å². The highest BCUT2D eigenvalue weighted by Crippen LogP contribution is 2.43. The second-order valence-electron chi connectivity index (χ2n) is 7.53. The number of carbonyl (C=O) groups is 2. The van der Waals surface area contributed by atoms with Crippen LogP contribution in [0.2, 0.25) is 0 Å². The Kier molecular flexibility index (Phi) is 4.06. The molecule has 0 spiro atoms. The summed E-state index contributed by atoms with van der Waals surface area (Å²) in [6.45, 7) is 5.50. The van der Waals surface area contributed by atoms with Gasteiger partial charge in [0.25, 0.3) is 5.91 Å². The topological polar surface area (TPSA) is 76.1 Å². The predicted molar refractivity (Wildman–Crippen MR) is 98.8 cm³/mol. The Morgan fingerprint density at radius 2 is 1.81 bits per heavy atom. The number of rotatable bonds is 4. The lowest BCUT2D eigenvalue weighted by Crippen LogP contribution is -2.41. The molecule has 2 aromatic carbocycles. The number of ether oxygens (including phenoxy) is 2. The van der Waals surface area contributed by atoms with Gasteiger partial charge in [0.15, 0.2) is 0 Å². The summed E-state index contributed by atoms with van der Waals surface area (Å²) in [4.78, 5) is 25.7. The Labute approximate surface area is 157 Å². The third-order valence-electron chi connectivity index (χ3n) is 4.90. The molecule has 2 aromatic rings. The molecule has 0 aromatic heterocycles. The lowest BCUT2D eigenvalue weighted by Gasteiger charge is -2.30. The summed E-state index contributed by atoms with van der Waals surface area (Å²) in [6, 6.07) is 9.98.